The maximum Gasteiger partial charge on any atom is 0.256 e. The molecule has 0 spiro atoms. The quantitative estimate of drug-likeness (QED) is 0.892. The van der Waals surface area contributed by atoms with Crippen LogP contribution in [0.1, 0.15) is 20.7 Å². The third-order valence-corrected chi connectivity index (χ3v) is 2.79. The second-order valence-corrected chi connectivity index (χ2v) is 4.09. The molecular weight excluding hydrogens is 256 g/mol. The molecule has 0 saturated carbocycles. The Morgan fingerprint density at radius 2 is 1.60 bits per heavy atom. The average molecular weight is 270 g/mol. The highest BCUT2D eigenvalue weighted by Gasteiger charge is 2.14. The third-order valence-electron chi connectivity index (χ3n) is 2.79. The number of rotatable bonds is 4. The number of carbonyl (C=O) groups excluding carboxylic acids is 2. The number of ether oxygens (including phenoxy) is 1. The summed E-state index contributed by atoms with van der Waals surface area (Å²) in [6, 6.07) is 13.3. The zero-order chi connectivity index (χ0) is 14.5. The fourth-order valence-electron chi connectivity index (χ4n) is 1.77. The van der Waals surface area contributed by atoms with Gasteiger partial charge in [0.15, 0.2) is 0 Å². The molecule has 0 atom stereocenters. The van der Waals surface area contributed by atoms with E-state index in [9.17, 15) is 9.59 Å². The van der Waals surface area contributed by atoms with Crippen molar-refractivity contribution in [2.75, 3.05) is 12.4 Å². The van der Waals surface area contributed by atoms with Crippen molar-refractivity contribution >= 4 is 17.5 Å². The molecule has 0 aliphatic carbocycles. The van der Waals surface area contributed by atoms with Gasteiger partial charge in [-0.2, -0.15) is 0 Å². The van der Waals surface area contributed by atoms with Crippen molar-refractivity contribution < 1.29 is 14.3 Å². The first kappa shape index (κ1) is 13.6. The van der Waals surface area contributed by atoms with Gasteiger partial charge in [-0.25, -0.2) is 0 Å². The van der Waals surface area contributed by atoms with Crippen LogP contribution < -0.4 is 15.8 Å². The zero-order valence-corrected chi connectivity index (χ0v) is 10.9. The summed E-state index contributed by atoms with van der Waals surface area (Å²) in [6.45, 7) is 0. The third kappa shape index (κ3) is 2.95. The van der Waals surface area contributed by atoms with E-state index < -0.39 is 5.91 Å². The van der Waals surface area contributed by atoms with Crippen LogP contribution in [0, 0.1) is 0 Å². The van der Waals surface area contributed by atoms with Gasteiger partial charge in [0.1, 0.15) is 5.75 Å². The van der Waals surface area contributed by atoms with Gasteiger partial charge in [-0.3, -0.25) is 9.59 Å². The number of anilines is 1. The van der Waals surface area contributed by atoms with Crippen LogP contribution in [0.15, 0.2) is 48.5 Å². The van der Waals surface area contributed by atoms with E-state index in [1.165, 1.54) is 6.07 Å². The number of nitrogens with one attached hydrogen (secondary N) is 1. The van der Waals surface area contributed by atoms with Gasteiger partial charge in [-0.15, -0.1) is 0 Å². The number of carbonyl (C=O) groups is 2. The van der Waals surface area contributed by atoms with E-state index in [2.05, 4.69) is 5.32 Å². The first-order valence-corrected chi connectivity index (χ1v) is 5.96. The summed E-state index contributed by atoms with van der Waals surface area (Å²) in [5, 5.41) is 2.70. The first-order valence-electron chi connectivity index (χ1n) is 5.96. The highest BCUT2D eigenvalue weighted by molar-refractivity contribution is 6.11. The number of hydrogen-bond donors (Lipinski definition) is 2. The molecule has 2 rings (SSSR count). The molecule has 3 N–H and O–H groups in total. The molecule has 2 amide bonds. The van der Waals surface area contributed by atoms with E-state index in [0.29, 0.717) is 11.4 Å². The molecule has 0 aromatic heterocycles. The molecule has 0 unspecified atom stereocenters. The second-order valence-electron chi connectivity index (χ2n) is 4.09. The van der Waals surface area contributed by atoms with Crippen molar-refractivity contribution in [3.05, 3.63) is 59.7 Å². The summed E-state index contributed by atoms with van der Waals surface area (Å²) in [6.07, 6.45) is 0. The van der Waals surface area contributed by atoms with Gasteiger partial charge in [-0.05, 0) is 36.4 Å². The van der Waals surface area contributed by atoms with Gasteiger partial charge in [-0.1, -0.05) is 12.1 Å². The van der Waals surface area contributed by atoms with Gasteiger partial charge in [0, 0.05) is 5.69 Å². The Hall–Kier alpha value is -2.82. The predicted octanol–water partition coefficient (Wildman–Crippen LogP) is 2.05. The molecule has 0 aliphatic heterocycles. The van der Waals surface area contributed by atoms with Gasteiger partial charge in [0.05, 0.1) is 18.2 Å². The smallest absolute Gasteiger partial charge is 0.256 e. The lowest BCUT2D eigenvalue weighted by molar-refractivity contribution is 0.0977. The molecular formula is C15H14N2O3. The van der Waals surface area contributed by atoms with Crippen LogP contribution in [-0.2, 0) is 0 Å². The van der Waals surface area contributed by atoms with E-state index in [0.717, 1.165) is 0 Å². The maximum atomic E-state index is 12.1. The number of methoxy groups -OCH3 is 1. The van der Waals surface area contributed by atoms with Gasteiger partial charge in [0.2, 0.25) is 5.91 Å². The minimum atomic E-state index is -0.634. The summed E-state index contributed by atoms with van der Waals surface area (Å²) >= 11 is 0. The first-order chi connectivity index (χ1) is 9.61. The lowest BCUT2D eigenvalue weighted by Gasteiger charge is -2.08. The SMILES string of the molecule is COc1ccc(NC(=O)c2ccccc2C(N)=O)cc1. The summed E-state index contributed by atoms with van der Waals surface area (Å²) in [7, 11) is 1.57. The molecule has 0 fully saturated rings. The number of amides is 2. The molecule has 5 heteroatoms. The molecule has 2 aromatic rings. The molecule has 20 heavy (non-hydrogen) atoms. The van der Waals surface area contributed by atoms with Gasteiger partial charge >= 0.3 is 0 Å². The molecule has 102 valence electrons. The van der Waals surface area contributed by atoms with E-state index in [4.69, 9.17) is 10.5 Å². The summed E-state index contributed by atoms with van der Waals surface area (Å²) in [5.41, 5.74) is 6.29. The highest BCUT2D eigenvalue weighted by atomic mass is 16.5. The van der Waals surface area contributed by atoms with Crippen LogP contribution in [0.2, 0.25) is 0 Å². The minimum absolute atomic E-state index is 0.193. The number of primary amides is 1. The monoisotopic (exact) mass is 270 g/mol. The molecule has 5 nitrogen and oxygen atoms in total. The summed E-state index contributed by atoms with van der Waals surface area (Å²) < 4.78 is 5.04. The zero-order valence-electron chi connectivity index (χ0n) is 10.9. The summed E-state index contributed by atoms with van der Waals surface area (Å²) in [4.78, 5) is 23.4. The van der Waals surface area contributed by atoms with E-state index >= 15 is 0 Å². The Bertz CT molecular complexity index is 636. The predicted molar refractivity (Wildman–Crippen MR) is 75.9 cm³/mol. The fourth-order valence-corrected chi connectivity index (χ4v) is 1.77. The molecule has 0 aliphatic rings. The Morgan fingerprint density at radius 1 is 1.00 bits per heavy atom. The lowest BCUT2D eigenvalue weighted by Crippen LogP contribution is -2.20. The molecule has 0 saturated heterocycles. The Balaban J connectivity index is 2.21. The largest absolute Gasteiger partial charge is 0.497 e. The van der Waals surface area contributed by atoms with Gasteiger partial charge < -0.3 is 15.8 Å². The van der Waals surface area contributed by atoms with Crippen LogP contribution >= 0.6 is 0 Å². The van der Waals surface area contributed by atoms with Gasteiger partial charge in [0.25, 0.3) is 5.91 Å². The number of nitrogens with two attached hydrogens (primary N) is 1. The fraction of sp³-hybridized carbons (Fsp3) is 0.0667. The average Bonchev–Trinajstić information content (AvgIpc) is 2.48. The minimum Gasteiger partial charge on any atom is -0.497 e. The van der Waals surface area contributed by atoms with Crippen LogP contribution in [-0.4, -0.2) is 18.9 Å². The Morgan fingerprint density at radius 3 is 2.15 bits per heavy atom. The standard InChI is InChI=1S/C15H14N2O3/c1-20-11-8-6-10(7-9-11)17-15(19)13-5-3-2-4-12(13)14(16)18/h2-9H,1H3,(H2,16,18)(H,17,19). The number of benzene rings is 2. The van der Waals surface area contributed by atoms with E-state index in [1.807, 2.05) is 0 Å². The summed E-state index contributed by atoms with van der Waals surface area (Å²) in [5.74, 6) is -0.324. The van der Waals surface area contributed by atoms with E-state index in [-0.39, 0.29) is 17.0 Å². The van der Waals surface area contributed by atoms with Crippen molar-refractivity contribution in [2.24, 2.45) is 5.73 Å². The number of hydrogen-bond acceptors (Lipinski definition) is 3. The topological polar surface area (TPSA) is 81.4 Å². The Labute approximate surface area is 116 Å². The van der Waals surface area contributed by atoms with Crippen molar-refractivity contribution in [1.29, 1.82) is 0 Å². The molecule has 2 aromatic carbocycles. The van der Waals surface area contributed by atoms with Crippen molar-refractivity contribution in [3.8, 4) is 5.75 Å². The highest BCUT2D eigenvalue weighted by Crippen LogP contribution is 2.17. The van der Waals surface area contributed by atoms with Crippen LogP contribution in [0.3, 0.4) is 0 Å². The Kier molecular flexibility index (Phi) is 4.00. The lowest BCUT2D eigenvalue weighted by atomic mass is 10.1. The van der Waals surface area contributed by atoms with Crippen molar-refractivity contribution in [2.45, 2.75) is 0 Å². The van der Waals surface area contributed by atoms with Crippen LogP contribution in [0.5, 0.6) is 5.75 Å². The van der Waals surface area contributed by atoms with Crippen molar-refractivity contribution in [1.82, 2.24) is 0 Å². The van der Waals surface area contributed by atoms with Crippen LogP contribution in [0.25, 0.3) is 0 Å². The second kappa shape index (κ2) is 5.88. The van der Waals surface area contributed by atoms with E-state index in [1.54, 1.807) is 49.6 Å². The normalized spacial score (nSPS) is 9.85. The molecule has 0 bridgehead atoms. The van der Waals surface area contributed by atoms with Crippen molar-refractivity contribution in [3.63, 3.8) is 0 Å². The maximum absolute atomic E-state index is 12.1. The van der Waals surface area contributed by atoms with Crippen LogP contribution in [0.4, 0.5) is 5.69 Å². The molecule has 0 heterocycles. The molecule has 0 radical (unpaired) electrons.